The van der Waals surface area contributed by atoms with Crippen LogP contribution in [-0.4, -0.2) is 22.1 Å². The predicted molar refractivity (Wildman–Crippen MR) is 85.2 cm³/mol. The number of hydrogen-bond acceptors (Lipinski definition) is 2. The van der Waals surface area contributed by atoms with Gasteiger partial charge in [-0.05, 0) is 42.4 Å². The van der Waals surface area contributed by atoms with E-state index in [1.165, 1.54) is 5.56 Å². The van der Waals surface area contributed by atoms with Crippen molar-refractivity contribution in [3.05, 3.63) is 35.9 Å². The van der Waals surface area contributed by atoms with Crippen molar-refractivity contribution in [2.75, 3.05) is 5.75 Å². The maximum Gasteiger partial charge on any atom is 0.307 e. The highest BCUT2D eigenvalue weighted by Gasteiger charge is 2.35. The summed E-state index contributed by atoms with van der Waals surface area (Å²) >= 11 is 1.86. The Hall–Kier alpha value is -0.960. The Balaban J connectivity index is 2.05. The fourth-order valence-corrected chi connectivity index (χ4v) is 4.43. The Bertz CT molecular complexity index is 430. The highest BCUT2D eigenvalue weighted by molar-refractivity contribution is 7.99. The van der Waals surface area contributed by atoms with Crippen molar-refractivity contribution >= 4 is 17.7 Å². The average molecular weight is 292 g/mol. The van der Waals surface area contributed by atoms with Gasteiger partial charge >= 0.3 is 5.97 Å². The van der Waals surface area contributed by atoms with Gasteiger partial charge in [0.25, 0.3) is 0 Å². The zero-order valence-electron chi connectivity index (χ0n) is 12.3. The Kier molecular flexibility index (Phi) is 5.53. The van der Waals surface area contributed by atoms with Crippen molar-refractivity contribution < 1.29 is 9.90 Å². The molecule has 0 radical (unpaired) electrons. The van der Waals surface area contributed by atoms with Crippen LogP contribution in [0.1, 0.15) is 44.6 Å². The summed E-state index contributed by atoms with van der Waals surface area (Å²) in [6.45, 7) is 4.39. The van der Waals surface area contributed by atoms with Crippen LogP contribution in [0, 0.1) is 11.8 Å². The first-order valence-electron chi connectivity index (χ1n) is 7.47. The van der Waals surface area contributed by atoms with Gasteiger partial charge in [0.2, 0.25) is 0 Å². The van der Waals surface area contributed by atoms with Crippen LogP contribution in [0.5, 0.6) is 0 Å². The molecule has 1 N–H and O–H groups in total. The molecule has 1 aromatic carbocycles. The molecule has 0 aliphatic heterocycles. The first-order chi connectivity index (χ1) is 9.58. The Morgan fingerprint density at radius 1 is 1.30 bits per heavy atom. The van der Waals surface area contributed by atoms with Crippen LogP contribution in [0.3, 0.4) is 0 Å². The van der Waals surface area contributed by atoms with Gasteiger partial charge in [-0.25, -0.2) is 0 Å². The summed E-state index contributed by atoms with van der Waals surface area (Å²) in [6.07, 6.45) is 2.81. The highest BCUT2D eigenvalue weighted by atomic mass is 32.2. The molecule has 3 heteroatoms. The van der Waals surface area contributed by atoms with Gasteiger partial charge in [0.1, 0.15) is 0 Å². The van der Waals surface area contributed by atoms with Gasteiger partial charge in [0, 0.05) is 5.25 Å². The van der Waals surface area contributed by atoms with E-state index in [2.05, 4.69) is 38.1 Å². The van der Waals surface area contributed by atoms with Gasteiger partial charge in [-0.2, -0.15) is 11.8 Å². The second-order valence-electron chi connectivity index (χ2n) is 6.13. The van der Waals surface area contributed by atoms with E-state index in [1.54, 1.807) is 0 Å². The lowest BCUT2D eigenvalue weighted by molar-refractivity contribution is -0.142. The molecule has 20 heavy (non-hydrogen) atoms. The average Bonchev–Trinajstić information content (AvgIpc) is 2.45. The molecule has 0 heterocycles. The lowest BCUT2D eigenvalue weighted by Gasteiger charge is -2.34. The predicted octanol–water partition coefficient (Wildman–Crippen LogP) is 4.41. The minimum atomic E-state index is -0.613. The topological polar surface area (TPSA) is 37.3 Å². The summed E-state index contributed by atoms with van der Waals surface area (Å²) in [6, 6.07) is 10.5. The summed E-state index contributed by atoms with van der Waals surface area (Å²) in [5, 5.41) is 9.68. The van der Waals surface area contributed by atoms with Crippen LogP contribution >= 0.6 is 11.8 Å². The van der Waals surface area contributed by atoms with Crippen molar-refractivity contribution in [3.63, 3.8) is 0 Å². The molecule has 3 atom stereocenters. The molecule has 2 rings (SSSR count). The van der Waals surface area contributed by atoms with Crippen molar-refractivity contribution in [1.82, 2.24) is 0 Å². The highest BCUT2D eigenvalue weighted by Crippen LogP contribution is 2.41. The first-order valence-corrected chi connectivity index (χ1v) is 8.52. The number of rotatable bonds is 5. The number of carbonyl (C=O) groups is 1. The molecule has 1 fully saturated rings. The molecule has 3 unspecified atom stereocenters. The molecule has 0 amide bonds. The van der Waals surface area contributed by atoms with Crippen molar-refractivity contribution in [1.29, 1.82) is 0 Å². The van der Waals surface area contributed by atoms with E-state index in [9.17, 15) is 9.90 Å². The van der Waals surface area contributed by atoms with Crippen LogP contribution in [0.15, 0.2) is 30.3 Å². The number of aliphatic carboxylic acids is 1. The summed E-state index contributed by atoms with van der Waals surface area (Å²) in [7, 11) is 0. The minimum absolute atomic E-state index is 0.168. The summed E-state index contributed by atoms with van der Waals surface area (Å²) < 4.78 is 0. The molecule has 1 saturated carbocycles. The van der Waals surface area contributed by atoms with E-state index < -0.39 is 5.97 Å². The molecular formula is C17H24O2S. The van der Waals surface area contributed by atoms with Gasteiger partial charge in [0.15, 0.2) is 0 Å². The Labute approximate surface area is 126 Å². The third-order valence-electron chi connectivity index (χ3n) is 4.02. The molecule has 110 valence electrons. The van der Waals surface area contributed by atoms with Crippen LogP contribution in [0.25, 0.3) is 0 Å². The van der Waals surface area contributed by atoms with E-state index in [4.69, 9.17) is 0 Å². The molecule has 1 aromatic rings. The SMILES string of the molecule is CC(C)CSC1CC(c2ccccc2)CCC1C(=O)O. The largest absolute Gasteiger partial charge is 0.481 e. The van der Waals surface area contributed by atoms with Crippen LogP contribution in [0.4, 0.5) is 0 Å². The fraction of sp³-hybridized carbons (Fsp3) is 0.588. The number of thioether (sulfide) groups is 1. The van der Waals surface area contributed by atoms with Crippen LogP contribution in [-0.2, 0) is 4.79 Å². The fourth-order valence-electron chi connectivity index (χ4n) is 2.94. The third kappa shape index (κ3) is 4.02. The van der Waals surface area contributed by atoms with Gasteiger partial charge in [-0.3, -0.25) is 4.79 Å². The second-order valence-corrected chi connectivity index (χ2v) is 7.40. The minimum Gasteiger partial charge on any atom is -0.481 e. The molecule has 2 nitrogen and oxygen atoms in total. The third-order valence-corrected chi connectivity index (χ3v) is 5.83. The van der Waals surface area contributed by atoms with Crippen LogP contribution < -0.4 is 0 Å². The van der Waals surface area contributed by atoms with Gasteiger partial charge in [-0.1, -0.05) is 44.2 Å². The van der Waals surface area contributed by atoms with Gasteiger partial charge in [0.05, 0.1) is 5.92 Å². The smallest absolute Gasteiger partial charge is 0.307 e. The number of benzene rings is 1. The first kappa shape index (κ1) is 15.4. The Morgan fingerprint density at radius 3 is 2.60 bits per heavy atom. The lowest BCUT2D eigenvalue weighted by Crippen LogP contribution is -2.32. The zero-order valence-corrected chi connectivity index (χ0v) is 13.1. The van der Waals surface area contributed by atoms with Gasteiger partial charge < -0.3 is 5.11 Å². The normalized spacial score (nSPS) is 26.6. The Morgan fingerprint density at radius 2 is 2.00 bits per heavy atom. The van der Waals surface area contributed by atoms with E-state index in [-0.39, 0.29) is 11.2 Å². The molecule has 0 aromatic heterocycles. The molecule has 0 bridgehead atoms. The van der Waals surface area contributed by atoms with E-state index in [0.29, 0.717) is 11.8 Å². The zero-order chi connectivity index (χ0) is 14.5. The summed E-state index contributed by atoms with van der Waals surface area (Å²) in [5.74, 6) is 1.41. The van der Waals surface area contributed by atoms with Crippen molar-refractivity contribution in [2.45, 2.75) is 44.3 Å². The number of carboxylic acid groups (broad SMARTS) is 1. The standard InChI is InChI=1S/C17H24O2S/c1-12(2)11-20-16-10-14(8-9-15(16)17(18)19)13-6-4-3-5-7-13/h3-7,12,14-16H,8-11H2,1-2H3,(H,18,19). The lowest BCUT2D eigenvalue weighted by atomic mass is 9.78. The molecule has 1 aliphatic carbocycles. The monoisotopic (exact) mass is 292 g/mol. The van der Waals surface area contributed by atoms with E-state index >= 15 is 0 Å². The maximum atomic E-state index is 11.4. The molecular weight excluding hydrogens is 268 g/mol. The maximum absolute atomic E-state index is 11.4. The molecule has 0 spiro atoms. The summed E-state index contributed by atoms with van der Waals surface area (Å²) in [4.78, 5) is 11.4. The molecule has 0 saturated heterocycles. The van der Waals surface area contributed by atoms with E-state index in [1.807, 2.05) is 17.8 Å². The van der Waals surface area contributed by atoms with Crippen molar-refractivity contribution in [3.8, 4) is 0 Å². The number of carboxylic acids is 1. The van der Waals surface area contributed by atoms with Crippen LogP contribution in [0.2, 0.25) is 0 Å². The second kappa shape index (κ2) is 7.16. The van der Waals surface area contributed by atoms with E-state index in [0.717, 1.165) is 25.0 Å². The number of hydrogen-bond donors (Lipinski definition) is 1. The quantitative estimate of drug-likeness (QED) is 0.873. The summed E-state index contributed by atoms with van der Waals surface area (Å²) in [5.41, 5.74) is 1.37. The molecule has 1 aliphatic rings. The van der Waals surface area contributed by atoms with Crippen molar-refractivity contribution in [2.24, 2.45) is 11.8 Å². The van der Waals surface area contributed by atoms with Gasteiger partial charge in [-0.15, -0.1) is 0 Å².